The van der Waals surface area contributed by atoms with Crippen LogP contribution in [-0.4, -0.2) is 39.8 Å². The molecule has 0 saturated heterocycles. The number of ether oxygens (including phenoxy) is 1. The van der Waals surface area contributed by atoms with Crippen LogP contribution >= 0.6 is 0 Å². The van der Waals surface area contributed by atoms with Crippen molar-refractivity contribution in [1.29, 1.82) is 0 Å². The van der Waals surface area contributed by atoms with E-state index >= 15 is 0 Å². The van der Waals surface area contributed by atoms with Crippen LogP contribution in [0, 0.1) is 0 Å². The van der Waals surface area contributed by atoms with Crippen LogP contribution in [0.4, 0.5) is 5.95 Å². The summed E-state index contributed by atoms with van der Waals surface area (Å²) in [6, 6.07) is 12.6. The third-order valence-electron chi connectivity index (χ3n) is 5.06. The molecule has 2 aromatic heterocycles. The molecule has 3 heterocycles. The summed E-state index contributed by atoms with van der Waals surface area (Å²) in [6.07, 6.45) is 2.97. The zero-order chi connectivity index (χ0) is 21.8. The van der Waals surface area contributed by atoms with E-state index in [1.54, 1.807) is 41.8 Å². The van der Waals surface area contributed by atoms with Gasteiger partial charge in [-0.1, -0.05) is 30.3 Å². The molecule has 1 amide bonds. The maximum atomic E-state index is 13.0. The van der Waals surface area contributed by atoms with E-state index < -0.39 is 12.0 Å². The van der Waals surface area contributed by atoms with Gasteiger partial charge in [-0.2, -0.15) is 10.1 Å². The first-order valence-corrected chi connectivity index (χ1v) is 9.99. The lowest BCUT2D eigenvalue weighted by Crippen LogP contribution is -2.42. The van der Waals surface area contributed by atoms with Crippen LogP contribution in [0.2, 0.25) is 0 Å². The average Bonchev–Trinajstić information content (AvgIpc) is 3.46. The van der Waals surface area contributed by atoms with Crippen molar-refractivity contribution in [3.05, 3.63) is 77.6 Å². The molecule has 1 aliphatic heterocycles. The summed E-state index contributed by atoms with van der Waals surface area (Å²) in [5.41, 5.74) is 1.89. The number of carbonyl (C=O) groups is 2. The van der Waals surface area contributed by atoms with Crippen molar-refractivity contribution in [2.75, 3.05) is 18.1 Å². The summed E-state index contributed by atoms with van der Waals surface area (Å²) in [7, 11) is 0. The molecule has 0 radical (unpaired) electrons. The quantitative estimate of drug-likeness (QED) is 0.585. The zero-order valence-corrected chi connectivity index (χ0v) is 17.3. The molecule has 9 heteroatoms. The molecule has 3 aromatic rings. The fourth-order valence-electron chi connectivity index (χ4n) is 3.63. The number of rotatable bonds is 7. The van der Waals surface area contributed by atoms with Gasteiger partial charge in [0.15, 0.2) is 0 Å². The van der Waals surface area contributed by atoms with Crippen LogP contribution in [0.15, 0.2) is 70.7 Å². The van der Waals surface area contributed by atoms with Crippen LogP contribution in [0.5, 0.6) is 0 Å². The molecule has 4 rings (SSSR count). The van der Waals surface area contributed by atoms with E-state index in [2.05, 4.69) is 15.4 Å². The van der Waals surface area contributed by atoms with Gasteiger partial charge in [-0.05, 0) is 31.5 Å². The molecule has 1 N–H and O–H groups in total. The van der Waals surface area contributed by atoms with Crippen LogP contribution in [0.25, 0.3) is 0 Å². The van der Waals surface area contributed by atoms with Gasteiger partial charge >= 0.3 is 5.97 Å². The lowest BCUT2D eigenvalue weighted by molar-refractivity contribution is -0.139. The van der Waals surface area contributed by atoms with Crippen molar-refractivity contribution in [2.24, 2.45) is 0 Å². The van der Waals surface area contributed by atoms with Crippen molar-refractivity contribution >= 4 is 17.8 Å². The van der Waals surface area contributed by atoms with Crippen LogP contribution < -0.4 is 10.2 Å². The first-order valence-electron chi connectivity index (χ1n) is 9.99. The number of nitrogens with one attached hydrogen (secondary N) is 1. The van der Waals surface area contributed by atoms with E-state index in [4.69, 9.17) is 9.15 Å². The van der Waals surface area contributed by atoms with E-state index in [-0.39, 0.29) is 25.6 Å². The highest BCUT2D eigenvalue weighted by atomic mass is 16.5. The van der Waals surface area contributed by atoms with E-state index in [1.165, 1.54) is 6.33 Å². The highest BCUT2D eigenvalue weighted by molar-refractivity contribution is 5.93. The number of allylic oxidation sites excluding steroid dienone is 1. The molecule has 1 unspecified atom stereocenters. The van der Waals surface area contributed by atoms with Gasteiger partial charge in [0.25, 0.3) is 0 Å². The topological polar surface area (TPSA) is 102 Å². The second-order valence-electron chi connectivity index (χ2n) is 6.98. The van der Waals surface area contributed by atoms with E-state index in [9.17, 15) is 9.59 Å². The fourth-order valence-corrected chi connectivity index (χ4v) is 3.63. The summed E-state index contributed by atoms with van der Waals surface area (Å²) in [4.78, 5) is 31.6. The monoisotopic (exact) mass is 421 g/mol. The second-order valence-corrected chi connectivity index (χ2v) is 6.98. The predicted octanol–water partition coefficient (Wildman–Crippen LogP) is 2.43. The summed E-state index contributed by atoms with van der Waals surface area (Å²) in [5.74, 6) is 0.439. The van der Waals surface area contributed by atoms with Crippen molar-refractivity contribution in [1.82, 2.24) is 20.1 Å². The molecule has 1 atom stereocenters. The average molecular weight is 421 g/mol. The Labute approximate surface area is 179 Å². The van der Waals surface area contributed by atoms with Gasteiger partial charge in [0.05, 0.1) is 25.0 Å². The number of furan rings is 1. The number of aromatic nitrogens is 3. The Bertz CT molecular complexity index is 1090. The maximum Gasteiger partial charge on any atom is 0.338 e. The van der Waals surface area contributed by atoms with Gasteiger partial charge in [-0.25, -0.2) is 9.48 Å². The van der Waals surface area contributed by atoms with Gasteiger partial charge in [0.2, 0.25) is 11.9 Å². The molecular formula is C22H23N5O4. The summed E-state index contributed by atoms with van der Waals surface area (Å²) >= 11 is 0. The van der Waals surface area contributed by atoms with Crippen LogP contribution in [0.3, 0.4) is 0 Å². The fraction of sp³-hybridized carbons (Fsp3) is 0.273. The third-order valence-corrected chi connectivity index (χ3v) is 5.06. The van der Waals surface area contributed by atoms with Crippen molar-refractivity contribution < 1.29 is 18.7 Å². The Morgan fingerprint density at radius 2 is 2.00 bits per heavy atom. The first kappa shape index (κ1) is 20.4. The van der Waals surface area contributed by atoms with Crippen LogP contribution in [-0.2, 0) is 20.9 Å². The number of hydrogen-bond donors (Lipinski definition) is 1. The molecule has 1 aromatic carbocycles. The highest BCUT2D eigenvalue weighted by Gasteiger charge is 2.38. The van der Waals surface area contributed by atoms with Gasteiger partial charge < -0.3 is 19.4 Å². The Hall–Kier alpha value is -3.88. The molecule has 0 spiro atoms. The Balaban J connectivity index is 1.68. The minimum absolute atomic E-state index is 0.0321. The minimum atomic E-state index is -0.500. The lowest BCUT2D eigenvalue weighted by Gasteiger charge is -2.35. The normalized spacial score (nSPS) is 15.5. The molecule has 0 aliphatic carbocycles. The molecule has 31 heavy (non-hydrogen) atoms. The highest BCUT2D eigenvalue weighted by Crippen LogP contribution is 2.38. The predicted molar refractivity (Wildman–Crippen MR) is 112 cm³/mol. The summed E-state index contributed by atoms with van der Waals surface area (Å²) in [6.45, 7) is 4.03. The smallest absolute Gasteiger partial charge is 0.338 e. The van der Waals surface area contributed by atoms with E-state index in [1.807, 2.05) is 30.3 Å². The molecule has 160 valence electrons. The number of carbonyl (C=O) groups excluding carboxylic acids is 2. The van der Waals surface area contributed by atoms with Gasteiger partial charge in [-0.15, -0.1) is 0 Å². The van der Waals surface area contributed by atoms with E-state index in [0.29, 0.717) is 23.0 Å². The molecule has 0 bridgehead atoms. The van der Waals surface area contributed by atoms with Gasteiger partial charge in [0, 0.05) is 5.70 Å². The van der Waals surface area contributed by atoms with Gasteiger partial charge in [-0.3, -0.25) is 4.79 Å². The number of anilines is 1. The number of esters is 1. The molecule has 1 aliphatic rings. The Morgan fingerprint density at radius 3 is 2.71 bits per heavy atom. The lowest BCUT2D eigenvalue weighted by atomic mass is 9.95. The SMILES string of the molecule is CCOC(=O)C1=C(C)N(CC(=O)NCc2ccco2)c2ncnn2C1c1ccccc1. The van der Waals surface area contributed by atoms with Crippen LogP contribution in [0.1, 0.15) is 31.2 Å². The Kier molecular flexibility index (Phi) is 5.83. The largest absolute Gasteiger partial charge is 0.467 e. The minimum Gasteiger partial charge on any atom is -0.467 e. The zero-order valence-electron chi connectivity index (χ0n) is 17.3. The molecule has 0 saturated carbocycles. The summed E-state index contributed by atoms with van der Waals surface area (Å²) in [5, 5.41) is 7.18. The van der Waals surface area contributed by atoms with Crippen molar-refractivity contribution in [3.63, 3.8) is 0 Å². The van der Waals surface area contributed by atoms with Gasteiger partial charge in [0.1, 0.15) is 24.7 Å². The Morgan fingerprint density at radius 1 is 1.19 bits per heavy atom. The first-order chi connectivity index (χ1) is 15.1. The molecule has 0 fully saturated rings. The molecular weight excluding hydrogens is 398 g/mol. The van der Waals surface area contributed by atoms with Crippen molar-refractivity contribution in [3.8, 4) is 0 Å². The second kappa shape index (κ2) is 8.86. The third kappa shape index (κ3) is 4.07. The number of hydrogen-bond acceptors (Lipinski definition) is 7. The number of amides is 1. The number of benzene rings is 1. The van der Waals surface area contributed by atoms with Crippen molar-refractivity contribution in [2.45, 2.75) is 26.4 Å². The number of nitrogens with zero attached hydrogens (tertiary/aromatic N) is 4. The maximum absolute atomic E-state index is 13.0. The number of fused-ring (bicyclic) bond motifs is 1. The molecule has 9 nitrogen and oxygen atoms in total. The standard InChI is InChI=1S/C22H23N5O4/c1-3-30-21(29)19-15(2)26(13-18(28)23-12-17-10-7-11-31-17)22-24-14-25-27(22)20(19)16-8-5-4-6-9-16/h4-11,14,20H,3,12-13H2,1-2H3,(H,23,28). The summed E-state index contributed by atoms with van der Waals surface area (Å²) < 4.78 is 12.2. The van der Waals surface area contributed by atoms with E-state index in [0.717, 1.165) is 5.56 Å².